The van der Waals surface area contributed by atoms with Crippen LogP contribution in [0.5, 0.6) is 5.75 Å². The molecule has 0 aliphatic heterocycles. The van der Waals surface area contributed by atoms with Gasteiger partial charge in [0.1, 0.15) is 5.75 Å². The van der Waals surface area contributed by atoms with Gasteiger partial charge in [-0.05, 0) is 43.0 Å². The number of ether oxygens (including phenoxy) is 1. The van der Waals surface area contributed by atoms with Crippen molar-refractivity contribution in [3.05, 3.63) is 24.3 Å². The van der Waals surface area contributed by atoms with E-state index in [2.05, 4.69) is 14.8 Å². The van der Waals surface area contributed by atoms with Crippen molar-refractivity contribution in [2.45, 2.75) is 24.1 Å². The molecular formula is C13H15F3N2O4S. The summed E-state index contributed by atoms with van der Waals surface area (Å²) in [5, 5.41) is 2.59. The van der Waals surface area contributed by atoms with E-state index in [0.717, 1.165) is 37.1 Å². The monoisotopic (exact) mass is 352 g/mol. The molecule has 0 saturated heterocycles. The van der Waals surface area contributed by atoms with Gasteiger partial charge in [0.2, 0.25) is 15.9 Å². The Balaban J connectivity index is 1.89. The summed E-state index contributed by atoms with van der Waals surface area (Å²) in [4.78, 5) is 11.2. The first kappa shape index (κ1) is 17.5. The lowest BCUT2D eigenvalue weighted by Crippen LogP contribution is -2.37. The topological polar surface area (TPSA) is 84.5 Å². The van der Waals surface area contributed by atoms with E-state index in [0.29, 0.717) is 12.5 Å². The number of halogens is 3. The van der Waals surface area contributed by atoms with Crippen molar-refractivity contribution in [3.8, 4) is 5.75 Å². The maximum absolute atomic E-state index is 12.0. The molecule has 1 aromatic carbocycles. The smallest absolute Gasteiger partial charge is 0.406 e. The maximum atomic E-state index is 12.0. The van der Waals surface area contributed by atoms with E-state index < -0.39 is 34.6 Å². The summed E-state index contributed by atoms with van der Waals surface area (Å²) in [5.74, 6) is -0.520. The molecule has 0 unspecified atom stereocenters. The summed E-state index contributed by atoms with van der Waals surface area (Å²) in [6.45, 7) is 0.0832. The minimum atomic E-state index is -4.85. The van der Waals surface area contributed by atoms with Gasteiger partial charge in [-0.25, -0.2) is 13.1 Å². The molecule has 1 aliphatic carbocycles. The van der Waals surface area contributed by atoms with Gasteiger partial charge in [-0.3, -0.25) is 4.79 Å². The number of sulfonamides is 1. The Bertz CT molecular complexity index is 655. The van der Waals surface area contributed by atoms with Crippen LogP contribution in [-0.2, 0) is 14.8 Å². The molecule has 23 heavy (non-hydrogen) atoms. The van der Waals surface area contributed by atoms with Gasteiger partial charge in [0, 0.05) is 6.54 Å². The van der Waals surface area contributed by atoms with E-state index in [-0.39, 0.29) is 4.90 Å². The zero-order valence-corrected chi connectivity index (χ0v) is 12.7. The van der Waals surface area contributed by atoms with Gasteiger partial charge in [-0.15, -0.1) is 13.2 Å². The maximum Gasteiger partial charge on any atom is 0.573 e. The molecule has 0 spiro atoms. The van der Waals surface area contributed by atoms with Crippen LogP contribution in [0.1, 0.15) is 12.8 Å². The molecule has 6 nitrogen and oxygen atoms in total. The number of alkyl halides is 3. The number of hydrogen-bond donors (Lipinski definition) is 2. The third-order valence-corrected chi connectivity index (χ3v) is 4.49. The van der Waals surface area contributed by atoms with Gasteiger partial charge in [0.15, 0.2) is 0 Å². The van der Waals surface area contributed by atoms with Crippen molar-refractivity contribution in [2.75, 3.05) is 13.1 Å². The van der Waals surface area contributed by atoms with E-state index >= 15 is 0 Å². The summed E-state index contributed by atoms with van der Waals surface area (Å²) >= 11 is 0. The first-order valence-electron chi connectivity index (χ1n) is 6.78. The molecule has 1 aliphatic rings. The molecule has 0 radical (unpaired) electrons. The van der Waals surface area contributed by atoms with Crippen LogP contribution in [0, 0.1) is 5.92 Å². The number of carbonyl (C=O) groups is 1. The average molecular weight is 352 g/mol. The predicted molar refractivity (Wildman–Crippen MR) is 74.0 cm³/mol. The Hall–Kier alpha value is -1.81. The highest BCUT2D eigenvalue weighted by Crippen LogP contribution is 2.27. The first-order valence-corrected chi connectivity index (χ1v) is 8.26. The van der Waals surface area contributed by atoms with E-state index in [1.807, 2.05) is 0 Å². The second-order valence-corrected chi connectivity index (χ2v) is 6.86. The summed E-state index contributed by atoms with van der Waals surface area (Å²) in [5.41, 5.74) is 0. The van der Waals surface area contributed by atoms with Crippen LogP contribution in [0.4, 0.5) is 13.2 Å². The zero-order chi connectivity index (χ0) is 17.1. The lowest BCUT2D eigenvalue weighted by Gasteiger charge is -2.10. The summed E-state index contributed by atoms with van der Waals surface area (Å²) in [6, 6.07) is 3.70. The third-order valence-electron chi connectivity index (χ3n) is 3.08. The van der Waals surface area contributed by atoms with Crippen LogP contribution in [-0.4, -0.2) is 33.8 Å². The molecule has 1 aromatic rings. The number of rotatable bonds is 7. The Labute approximate surface area is 131 Å². The summed E-state index contributed by atoms with van der Waals surface area (Å²) < 4.78 is 65.7. The molecule has 0 bridgehead atoms. The van der Waals surface area contributed by atoms with E-state index in [9.17, 15) is 26.4 Å². The standard InChI is InChI=1S/C13H15F3N2O4S/c14-13(15,16)22-10-3-5-11(6-4-10)23(20,21)18-8-12(19)17-7-9-1-2-9/h3-6,9,18H,1-2,7-8H2,(H,17,19). The van der Waals surface area contributed by atoms with Crippen molar-refractivity contribution in [1.29, 1.82) is 0 Å². The van der Waals surface area contributed by atoms with Crippen molar-refractivity contribution >= 4 is 15.9 Å². The molecule has 0 atom stereocenters. The quantitative estimate of drug-likeness (QED) is 0.777. The van der Waals surface area contributed by atoms with Gasteiger partial charge < -0.3 is 10.1 Å². The Morgan fingerprint density at radius 1 is 1.22 bits per heavy atom. The van der Waals surface area contributed by atoms with Crippen molar-refractivity contribution in [2.24, 2.45) is 5.92 Å². The van der Waals surface area contributed by atoms with Crippen molar-refractivity contribution in [1.82, 2.24) is 10.0 Å². The van der Waals surface area contributed by atoms with Gasteiger partial charge >= 0.3 is 6.36 Å². The Morgan fingerprint density at radius 2 is 1.83 bits per heavy atom. The highest BCUT2D eigenvalue weighted by atomic mass is 32.2. The minimum absolute atomic E-state index is 0.262. The Morgan fingerprint density at radius 3 is 2.35 bits per heavy atom. The normalized spacial score (nSPS) is 15.3. The molecule has 0 aromatic heterocycles. The summed E-state index contributed by atoms with van der Waals surface area (Å²) in [6.07, 6.45) is -2.74. The van der Waals surface area contributed by atoms with E-state index in [1.54, 1.807) is 0 Å². The van der Waals surface area contributed by atoms with Gasteiger partial charge in [0.25, 0.3) is 0 Å². The van der Waals surface area contributed by atoms with Gasteiger partial charge in [-0.2, -0.15) is 0 Å². The number of benzene rings is 1. The lowest BCUT2D eigenvalue weighted by molar-refractivity contribution is -0.274. The Kier molecular flexibility index (Phi) is 5.15. The highest BCUT2D eigenvalue weighted by Gasteiger charge is 2.31. The minimum Gasteiger partial charge on any atom is -0.406 e. The van der Waals surface area contributed by atoms with Crippen LogP contribution in [0.25, 0.3) is 0 Å². The van der Waals surface area contributed by atoms with Crippen molar-refractivity contribution < 1.29 is 31.1 Å². The zero-order valence-electron chi connectivity index (χ0n) is 11.9. The molecule has 1 saturated carbocycles. The van der Waals surface area contributed by atoms with E-state index in [4.69, 9.17) is 0 Å². The van der Waals surface area contributed by atoms with Gasteiger partial charge in [-0.1, -0.05) is 0 Å². The number of nitrogens with one attached hydrogen (secondary N) is 2. The molecule has 2 rings (SSSR count). The first-order chi connectivity index (χ1) is 10.7. The van der Waals surface area contributed by atoms with Crippen LogP contribution < -0.4 is 14.8 Å². The second kappa shape index (κ2) is 6.75. The molecule has 0 heterocycles. The van der Waals surface area contributed by atoms with Crippen LogP contribution in [0.3, 0.4) is 0 Å². The molecule has 128 valence electrons. The molecule has 10 heteroatoms. The fourth-order valence-electron chi connectivity index (χ4n) is 1.71. The van der Waals surface area contributed by atoms with Crippen LogP contribution >= 0.6 is 0 Å². The molecule has 1 amide bonds. The highest BCUT2D eigenvalue weighted by molar-refractivity contribution is 7.89. The average Bonchev–Trinajstić information content (AvgIpc) is 3.26. The molecular weight excluding hydrogens is 337 g/mol. The predicted octanol–water partition coefficient (Wildman–Crippen LogP) is 1.39. The second-order valence-electron chi connectivity index (χ2n) is 5.09. The fraction of sp³-hybridized carbons (Fsp3) is 0.462. The van der Waals surface area contributed by atoms with Crippen LogP contribution in [0.15, 0.2) is 29.2 Å². The lowest BCUT2D eigenvalue weighted by atomic mass is 10.3. The van der Waals surface area contributed by atoms with Crippen molar-refractivity contribution in [3.63, 3.8) is 0 Å². The molecule has 1 fully saturated rings. The van der Waals surface area contributed by atoms with E-state index in [1.165, 1.54) is 0 Å². The number of hydrogen-bond acceptors (Lipinski definition) is 4. The number of carbonyl (C=O) groups excluding carboxylic acids is 1. The fourth-order valence-corrected chi connectivity index (χ4v) is 2.69. The summed E-state index contributed by atoms with van der Waals surface area (Å²) in [7, 11) is -3.99. The molecule has 2 N–H and O–H groups in total. The van der Waals surface area contributed by atoms with Gasteiger partial charge in [0.05, 0.1) is 11.4 Å². The van der Waals surface area contributed by atoms with Crippen LogP contribution in [0.2, 0.25) is 0 Å². The third kappa shape index (κ3) is 6.06. The SMILES string of the molecule is O=C(CNS(=O)(=O)c1ccc(OC(F)(F)F)cc1)NCC1CC1. The largest absolute Gasteiger partial charge is 0.573 e. The number of amides is 1.